The Morgan fingerprint density at radius 1 is 0.962 bits per heavy atom. The predicted molar refractivity (Wildman–Crippen MR) is 106 cm³/mol. The fourth-order valence-electron chi connectivity index (χ4n) is 3.22. The minimum Gasteiger partial charge on any atom is -0.496 e. The lowest BCUT2D eigenvalue weighted by atomic mass is 9.99. The smallest absolute Gasteiger partial charge is 0.161 e. The number of hydrogen-bond acceptors (Lipinski definition) is 6. The van der Waals surface area contributed by atoms with E-state index in [2.05, 4.69) is 9.88 Å². The molecule has 0 radical (unpaired) electrons. The largest absolute Gasteiger partial charge is 0.496 e. The van der Waals surface area contributed by atoms with Crippen LogP contribution < -0.4 is 19.9 Å². The summed E-state index contributed by atoms with van der Waals surface area (Å²) in [6, 6.07) is 5.83. The number of likely N-dealkylation sites (N-methyl/N-ethyl adjacent to an activating group) is 1. The third kappa shape index (κ3) is 3.08. The van der Waals surface area contributed by atoms with Gasteiger partial charge < -0.3 is 24.8 Å². The molecule has 0 aliphatic carbocycles. The number of nitrogens with two attached hydrogens (primary N) is 1. The predicted octanol–water partition coefficient (Wildman–Crippen LogP) is 3.10. The Bertz CT molecular complexity index is 954. The van der Waals surface area contributed by atoms with E-state index in [4.69, 9.17) is 19.9 Å². The van der Waals surface area contributed by atoms with Crippen molar-refractivity contribution in [2.45, 2.75) is 6.42 Å². The van der Waals surface area contributed by atoms with Crippen molar-refractivity contribution < 1.29 is 14.2 Å². The zero-order valence-corrected chi connectivity index (χ0v) is 15.9. The van der Waals surface area contributed by atoms with Crippen molar-refractivity contribution >= 4 is 27.4 Å². The molecule has 0 saturated carbocycles. The zero-order valence-electron chi connectivity index (χ0n) is 15.9. The number of fused-ring (bicyclic) bond motifs is 3. The van der Waals surface area contributed by atoms with Crippen LogP contribution in [0.15, 0.2) is 24.4 Å². The van der Waals surface area contributed by atoms with E-state index in [1.165, 1.54) is 0 Å². The van der Waals surface area contributed by atoms with Crippen LogP contribution in [0.1, 0.15) is 5.56 Å². The maximum absolute atomic E-state index is 6.60. The van der Waals surface area contributed by atoms with Gasteiger partial charge in [-0.3, -0.25) is 4.98 Å². The molecule has 26 heavy (non-hydrogen) atoms. The van der Waals surface area contributed by atoms with Gasteiger partial charge in [-0.05, 0) is 38.0 Å². The van der Waals surface area contributed by atoms with Gasteiger partial charge in [-0.15, -0.1) is 0 Å². The van der Waals surface area contributed by atoms with Gasteiger partial charge in [0.05, 0.1) is 26.8 Å². The molecule has 0 amide bonds. The van der Waals surface area contributed by atoms with Gasteiger partial charge in [0.25, 0.3) is 0 Å². The van der Waals surface area contributed by atoms with Gasteiger partial charge in [-0.25, -0.2) is 0 Å². The quantitative estimate of drug-likeness (QED) is 0.541. The van der Waals surface area contributed by atoms with E-state index in [1.54, 1.807) is 21.3 Å². The third-order valence-electron chi connectivity index (χ3n) is 4.61. The van der Waals surface area contributed by atoms with Crippen LogP contribution in [0.5, 0.6) is 17.2 Å². The lowest BCUT2D eigenvalue weighted by Crippen LogP contribution is -2.16. The summed E-state index contributed by atoms with van der Waals surface area (Å²) in [5, 5.41) is 2.85. The first-order valence-corrected chi connectivity index (χ1v) is 8.44. The monoisotopic (exact) mass is 355 g/mol. The fourth-order valence-corrected chi connectivity index (χ4v) is 3.22. The van der Waals surface area contributed by atoms with Crippen molar-refractivity contribution in [3.63, 3.8) is 0 Å². The maximum atomic E-state index is 6.60. The second kappa shape index (κ2) is 7.25. The minimum atomic E-state index is 0.664. The molecule has 1 aromatic heterocycles. The summed E-state index contributed by atoms with van der Waals surface area (Å²) in [5.41, 5.74) is 9.10. The number of pyridine rings is 1. The molecule has 0 spiro atoms. The Morgan fingerprint density at radius 3 is 2.23 bits per heavy atom. The molecular formula is C20H25N3O3. The molecule has 6 heteroatoms. The van der Waals surface area contributed by atoms with Crippen LogP contribution in [0.2, 0.25) is 0 Å². The molecule has 2 aromatic carbocycles. The number of nitrogen functional groups attached to an aromatic ring is 1. The van der Waals surface area contributed by atoms with Crippen molar-refractivity contribution in [2.24, 2.45) is 0 Å². The average molecular weight is 355 g/mol. The molecule has 1 heterocycles. The number of methoxy groups -OCH3 is 3. The van der Waals surface area contributed by atoms with Crippen LogP contribution >= 0.6 is 0 Å². The minimum absolute atomic E-state index is 0.664. The normalized spacial score (nSPS) is 11.3. The number of nitrogens with zero attached hydrogens (tertiary/aromatic N) is 2. The summed E-state index contributed by atoms with van der Waals surface area (Å²) < 4.78 is 16.4. The summed E-state index contributed by atoms with van der Waals surface area (Å²) in [4.78, 5) is 6.70. The Kier molecular flexibility index (Phi) is 5.04. The second-order valence-corrected chi connectivity index (χ2v) is 6.47. The molecule has 3 rings (SSSR count). The van der Waals surface area contributed by atoms with Crippen LogP contribution in [0.3, 0.4) is 0 Å². The van der Waals surface area contributed by atoms with Crippen molar-refractivity contribution in [3.05, 3.63) is 30.0 Å². The van der Waals surface area contributed by atoms with E-state index < -0.39 is 0 Å². The van der Waals surface area contributed by atoms with E-state index in [1.807, 2.05) is 38.5 Å². The van der Waals surface area contributed by atoms with Crippen molar-refractivity contribution in [3.8, 4) is 17.2 Å². The number of rotatable bonds is 6. The molecule has 6 nitrogen and oxygen atoms in total. The molecule has 0 saturated heterocycles. The third-order valence-corrected chi connectivity index (χ3v) is 4.61. The van der Waals surface area contributed by atoms with Crippen molar-refractivity contribution in [2.75, 3.05) is 47.7 Å². The molecule has 0 fully saturated rings. The molecule has 3 aromatic rings. The Morgan fingerprint density at radius 2 is 1.62 bits per heavy atom. The molecule has 138 valence electrons. The number of benzene rings is 2. The van der Waals surface area contributed by atoms with Gasteiger partial charge in [0.15, 0.2) is 11.5 Å². The summed E-state index contributed by atoms with van der Waals surface area (Å²) in [7, 11) is 8.99. The Hall–Kier alpha value is -2.73. The van der Waals surface area contributed by atoms with Gasteiger partial charge in [0.1, 0.15) is 5.75 Å². The van der Waals surface area contributed by atoms with E-state index in [0.29, 0.717) is 17.2 Å². The summed E-state index contributed by atoms with van der Waals surface area (Å²) in [6.45, 7) is 0.876. The van der Waals surface area contributed by atoms with Gasteiger partial charge in [-0.1, -0.05) is 0 Å². The Balaban J connectivity index is 2.32. The van der Waals surface area contributed by atoms with E-state index in [9.17, 15) is 0 Å². The fraction of sp³-hybridized carbons (Fsp3) is 0.350. The van der Waals surface area contributed by atoms with Crippen molar-refractivity contribution in [1.29, 1.82) is 0 Å². The molecule has 0 aliphatic rings. The number of anilines is 1. The standard InChI is InChI=1S/C20H25N3O3/c1-23(2)7-6-13-16(24-3)10-15-19(20(13)21)14-9-18(26-5)17(25-4)8-12(14)11-22-15/h8-11H,6-7,21H2,1-5H3. The molecule has 0 bridgehead atoms. The maximum Gasteiger partial charge on any atom is 0.161 e. The number of ether oxygens (including phenoxy) is 3. The van der Waals surface area contributed by atoms with Crippen molar-refractivity contribution in [1.82, 2.24) is 9.88 Å². The molecule has 0 unspecified atom stereocenters. The Labute approximate surface area is 153 Å². The lowest BCUT2D eigenvalue weighted by Gasteiger charge is -2.18. The molecule has 0 aliphatic heterocycles. The van der Waals surface area contributed by atoms with Gasteiger partial charge in [0, 0.05) is 40.8 Å². The van der Waals surface area contributed by atoms with Crippen LogP contribution in [-0.2, 0) is 6.42 Å². The first-order chi connectivity index (χ1) is 12.5. The highest BCUT2D eigenvalue weighted by Crippen LogP contribution is 2.40. The topological polar surface area (TPSA) is 69.8 Å². The van der Waals surface area contributed by atoms with Crippen LogP contribution in [-0.4, -0.2) is 51.9 Å². The number of aromatic nitrogens is 1. The van der Waals surface area contributed by atoms with E-state index in [-0.39, 0.29) is 0 Å². The van der Waals surface area contributed by atoms with Gasteiger partial charge in [-0.2, -0.15) is 0 Å². The van der Waals surface area contributed by atoms with Crippen LogP contribution in [0.25, 0.3) is 21.7 Å². The molecule has 0 atom stereocenters. The van der Waals surface area contributed by atoms with E-state index >= 15 is 0 Å². The number of hydrogen-bond donors (Lipinski definition) is 1. The van der Waals surface area contributed by atoms with Crippen LogP contribution in [0.4, 0.5) is 5.69 Å². The van der Waals surface area contributed by atoms with Gasteiger partial charge >= 0.3 is 0 Å². The highest BCUT2D eigenvalue weighted by molar-refractivity contribution is 6.13. The highest BCUT2D eigenvalue weighted by Gasteiger charge is 2.17. The first kappa shape index (κ1) is 18.1. The van der Waals surface area contributed by atoms with E-state index in [0.717, 1.165) is 46.0 Å². The SMILES string of the molecule is COc1cc2cnc3cc(OC)c(CCN(C)C)c(N)c3c2cc1OC. The molecule has 2 N–H and O–H groups in total. The second-order valence-electron chi connectivity index (χ2n) is 6.47. The van der Waals surface area contributed by atoms with Gasteiger partial charge in [0.2, 0.25) is 0 Å². The summed E-state index contributed by atoms with van der Waals surface area (Å²) in [6.07, 6.45) is 2.61. The summed E-state index contributed by atoms with van der Waals surface area (Å²) >= 11 is 0. The highest BCUT2D eigenvalue weighted by atomic mass is 16.5. The van der Waals surface area contributed by atoms with Crippen LogP contribution in [0, 0.1) is 0 Å². The summed E-state index contributed by atoms with van der Waals surface area (Å²) in [5.74, 6) is 2.10. The lowest BCUT2D eigenvalue weighted by molar-refractivity contribution is 0.356. The first-order valence-electron chi connectivity index (χ1n) is 8.44. The zero-order chi connectivity index (χ0) is 18.8. The average Bonchev–Trinajstić information content (AvgIpc) is 2.64. The molecular weight excluding hydrogens is 330 g/mol.